The summed E-state index contributed by atoms with van der Waals surface area (Å²) in [5.74, 6) is 0.393. The van der Waals surface area contributed by atoms with E-state index in [1.807, 2.05) is 6.92 Å². The first-order valence-electron chi connectivity index (χ1n) is 5.96. The molecule has 0 bridgehead atoms. The first-order valence-corrected chi connectivity index (χ1v) is 7.61. The first kappa shape index (κ1) is 15.2. The van der Waals surface area contributed by atoms with E-state index in [0.29, 0.717) is 17.7 Å². The van der Waals surface area contributed by atoms with Crippen LogP contribution in [0, 0.1) is 0 Å². The van der Waals surface area contributed by atoms with E-state index in [4.69, 9.17) is 11.5 Å². The first-order chi connectivity index (χ1) is 8.90. The second-order valence-corrected chi connectivity index (χ2v) is 6.27. The smallest absolute Gasteiger partial charge is 0.178 e. The van der Waals surface area contributed by atoms with Crippen molar-refractivity contribution in [3.63, 3.8) is 0 Å². The summed E-state index contributed by atoms with van der Waals surface area (Å²) in [4.78, 5) is 4.41. The maximum atomic E-state index is 11.9. The minimum Gasteiger partial charge on any atom is -0.404 e. The molecule has 0 radical (unpaired) electrons. The SMILES string of the molecule is CCCS(=O)(=O)c1cccc(N=C(N)/C(C)=C\N)c1. The summed E-state index contributed by atoms with van der Waals surface area (Å²) in [5.41, 5.74) is 12.2. The molecule has 6 heteroatoms. The zero-order chi connectivity index (χ0) is 14.5. The number of nitrogens with two attached hydrogens (primary N) is 2. The van der Waals surface area contributed by atoms with E-state index < -0.39 is 9.84 Å². The van der Waals surface area contributed by atoms with Crippen molar-refractivity contribution in [2.45, 2.75) is 25.2 Å². The fraction of sp³-hybridized carbons (Fsp3) is 0.308. The van der Waals surface area contributed by atoms with Crippen LogP contribution in [-0.2, 0) is 9.84 Å². The van der Waals surface area contributed by atoms with E-state index >= 15 is 0 Å². The summed E-state index contributed by atoms with van der Waals surface area (Å²) in [6, 6.07) is 6.42. The van der Waals surface area contributed by atoms with Crippen LogP contribution in [-0.4, -0.2) is 20.0 Å². The molecule has 0 saturated carbocycles. The van der Waals surface area contributed by atoms with Gasteiger partial charge in [-0.1, -0.05) is 13.0 Å². The third-order valence-corrected chi connectivity index (χ3v) is 4.47. The van der Waals surface area contributed by atoms with E-state index in [2.05, 4.69) is 4.99 Å². The highest BCUT2D eigenvalue weighted by molar-refractivity contribution is 7.91. The van der Waals surface area contributed by atoms with E-state index in [1.165, 1.54) is 12.3 Å². The molecule has 0 amide bonds. The number of benzene rings is 1. The van der Waals surface area contributed by atoms with Gasteiger partial charge in [0.15, 0.2) is 9.84 Å². The van der Waals surface area contributed by atoms with Gasteiger partial charge < -0.3 is 11.5 Å². The lowest BCUT2D eigenvalue weighted by molar-refractivity contribution is 0.594. The average molecular weight is 281 g/mol. The molecular weight excluding hydrogens is 262 g/mol. The van der Waals surface area contributed by atoms with Gasteiger partial charge in [-0.25, -0.2) is 13.4 Å². The lowest BCUT2D eigenvalue weighted by Crippen LogP contribution is -2.13. The minimum atomic E-state index is -3.24. The van der Waals surface area contributed by atoms with Crippen molar-refractivity contribution in [2.24, 2.45) is 16.5 Å². The summed E-state index contributed by atoms with van der Waals surface area (Å²) >= 11 is 0. The maximum absolute atomic E-state index is 11.9. The molecular formula is C13H19N3O2S. The number of hydrogen-bond acceptors (Lipinski definition) is 4. The van der Waals surface area contributed by atoms with Crippen LogP contribution in [0.4, 0.5) is 5.69 Å². The van der Waals surface area contributed by atoms with Crippen LogP contribution in [0.25, 0.3) is 0 Å². The Hall–Kier alpha value is -1.82. The predicted molar refractivity (Wildman–Crippen MR) is 78.0 cm³/mol. The molecule has 0 aromatic heterocycles. The standard InChI is InChI=1S/C13H19N3O2S/c1-3-7-19(17,18)12-6-4-5-11(8-12)16-13(15)10(2)9-14/h4-6,8-9H,3,7,14H2,1-2H3,(H2,15,16)/b10-9-. The summed E-state index contributed by atoms with van der Waals surface area (Å²) in [7, 11) is -3.24. The van der Waals surface area contributed by atoms with Crippen molar-refractivity contribution >= 4 is 21.4 Å². The van der Waals surface area contributed by atoms with E-state index in [0.717, 1.165) is 0 Å². The van der Waals surface area contributed by atoms with Crippen LogP contribution < -0.4 is 11.5 Å². The van der Waals surface area contributed by atoms with Crippen LogP contribution in [0.3, 0.4) is 0 Å². The van der Waals surface area contributed by atoms with Crippen molar-refractivity contribution < 1.29 is 8.42 Å². The molecule has 5 nitrogen and oxygen atoms in total. The Morgan fingerprint density at radius 3 is 2.68 bits per heavy atom. The lowest BCUT2D eigenvalue weighted by Gasteiger charge is -2.04. The molecule has 19 heavy (non-hydrogen) atoms. The minimum absolute atomic E-state index is 0.122. The molecule has 1 rings (SSSR count). The van der Waals surface area contributed by atoms with Crippen LogP contribution >= 0.6 is 0 Å². The molecule has 0 aliphatic carbocycles. The molecule has 1 aromatic carbocycles. The molecule has 0 fully saturated rings. The van der Waals surface area contributed by atoms with Crippen molar-refractivity contribution in [1.82, 2.24) is 0 Å². The highest BCUT2D eigenvalue weighted by atomic mass is 32.2. The number of rotatable bonds is 5. The van der Waals surface area contributed by atoms with Gasteiger partial charge in [0.25, 0.3) is 0 Å². The Labute approximate surface area is 113 Å². The van der Waals surface area contributed by atoms with Crippen molar-refractivity contribution in [3.8, 4) is 0 Å². The van der Waals surface area contributed by atoms with Gasteiger partial charge in [0.1, 0.15) is 5.84 Å². The molecule has 0 unspecified atom stereocenters. The van der Waals surface area contributed by atoms with Crippen LogP contribution in [0.15, 0.2) is 45.9 Å². The second-order valence-electron chi connectivity index (χ2n) is 4.16. The van der Waals surface area contributed by atoms with Gasteiger partial charge in [-0.15, -0.1) is 0 Å². The third-order valence-electron chi connectivity index (χ3n) is 2.55. The van der Waals surface area contributed by atoms with Gasteiger partial charge in [-0.05, 0) is 31.5 Å². The fourth-order valence-corrected chi connectivity index (χ4v) is 2.81. The largest absolute Gasteiger partial charge is 0.404 e. The fourth-order valence-electron chi connectivity index (χ4n) is 1.45. The van der Waals surface area contributed by atoms with Gasteiger partial charge in [0, 0.05) is 11.8 Å². The molecule has 0 spiro atoms. The van der Waals surface area contributed by atoms with Crippen LogP contribution in [0.5, 0.6) is 0 Å². The topological polar surface area (TPSA) is 98.5 Å². The van der Waals surface area contributed by atoms with Crippen LogP contribution in [0.1, 0.15) is 20.3 Å². The zero-order valence-electron chi connectivity index (χ0n) is 11.1. The molecule has 4 N–H and O–H groups in total. The Morgan fingerprint density at radius 2 is 2.11 bits per heavy atom. The normalized spacial score (nSPS) is 13.6. The quantitative estimate of drug-likeness (QED) is 0.634. The van der Waals surface area contributed by atoms with E-state index in [9.17, 15) is 8.42 Å². The van der Waals surface area contributed by atoms with Gasteiger partial charge in [0.05, 0.1) is 16.3 Å². The molecule has 0 aliphatic rings. The van der Waals surface area contributed by atoms with E-state index in [-0.39, 0.29) is 16.5 Å². The van der Waals surface area contributed by atoms with Gasteiger partial charge in [-0.2, -0.15) is 0 Å². The average Bonchev–Trinajstić information content (AvgIpc) is 2.38. The summed E-state index contributed by atoms with van der Waals surface area (Å²) in [5, 5.41) is 0. The molecule has 0 aliphatic heterocycles. The Morgan fingerprint density at radius 1 is 1.42 bits per heavy atom. The Balaban J connectivity index is 3.15. The molecule has 1 aromatic rings. The van der Waals surface area contributed by atoms with Crippen molar-refractivity contribution in [1.29, 1.82) is 0 Å². The summed E-state index contributed by atoms with van der Waals surface area (Å²) < 4.78 is 23.9. The van der Waals surface area contributed by atoms with Crippen molar-refractivity contribution in [3.05, 3.63) is 36.0 Å². The van der Waals surface area contributed by atoms with Gasteiger partial charge in [0.2, 0.25) is 0 Å². The molecule has 0 heterocycles. The summed E-state index contributed by atoms with van der Waals surface area (Å²) in [6.07, 6.45) is 1.93. The highest BCUT2D eigenvalue weighted by Crippen LogP contribution is 2.20. The number of aliphatic imine (C=N–C) groups is 1. The monoisotopic (exact) mass is 281 g/mol. The number of hydrogen-bond donors (Lipinski definition) is 2. The highest BCUT2D eigenvalue weighted by Gasteiger charge is 2.13. The number of nitrogens with zero attached hydrogens (tertiary/aromatic N) is 1. The third kappa shape index (κ3) is 4.10. The lowest BCUT2D eigenvalue weighted by atomic mass is 10.3. The zero-order valence-corrected chi connectivity index (χ0v) is 11.9. The Kier molecular flexibility index (Phi) is 5.11. The second kappa shape index (κ2) is 6.38. The Bertz CT molecular complexity index is 604. The van der Waals surface area contributed by atoms with Crippen molar-refractivity contribution in [2.75, 3.05) is 5.75 Å². The number of amidine groups is 1. The van der Waals surface area contributed by atoms with E-state index in [1.54, 1.807) is 25.1 Å². The van der Waals surface area contributed by atoms with Gasteiger partial charge >= 0.3 is 0 Å². The maximum Gasteiger partial charge on any atom is 0.178 e. The predicted octanol–water partition coefficient (Wildman–Crippen LogP) is 1.72. The summed E-state index contributed by atoms with van der Waals surface area (Å²) in [6.45, 7) is 3.56. The molecule has 104 valence electrons. The molecule has 0 atom stereocenters. The van der Waals surface area contributed by atoms with Gasteiger partial charge in [-0.3, -0.25) is 0 Å². The number of sulfone groups is 1. The van der Waals surface area contributed by atoms with Crippen LogP contribution in [0.2, 0.25) is 0 Å². The molecule has 0 saturated heterocycles.